The second kappa shape index (κ2) is 14.2. The summed E-state index contributed by atoms with van der Waals surface area (Å²) in [4.78, 5) is 30.6. The van der Waals surface area contributed by atoms with Gasteiger partial charge in [0.15, 0.2) is 11.4 Å². The van der Waals surface area contributed by atoms with Crippen LogP contribution < -0.4 is 25.1 Å². The average molecular weight is 720 g/mol. The minimum absolute atomic E-state index is 0.000928. The zero-order chi connectivity index (χ0) is 36.6. The summed E-state index contributed by atoms with van der Waals surface area (Å²) in [5.41, 5.74) is 2.29. The molecule has 2 aromatic heterocycles. The number of amides is 1. The van der Waals surface area contributed by atoms with Gasteiger partial charge in [-0.2, -0.15) is 0 Å². The number of methoxy groups -OCH3 is 2. The van der Waals surface area contributed by atoms with Gasteiger partial charge >= 0.3 is 0 Å². The quantitative estimate of drug-likeness (QED) is 0.182. The van der Waals surface area contributed by atoms with E-state index >= 15 is 4.79 Å². The topological polar surface area (TPSA) is 121 Å². The number of carbonyl (C=O) groups excluding carboxylic acids is 1. The van der Waals surface area contributed by atoms with Gasteiger partial charge in [-0.3, -0.25) is 18.8 Å². The molecule has 0 aliphatic carbocycles. The Morgan fingerprint density at radius 2 is 1.73 bits per heavy atom. The van der Waals surface area contributed by atoms with E-state index < -0.39 is 13.7 Å². The van der Waals surface area contributed by atoms with Crippen molar-refractivity contribution < 1.29 is 24.1 Å². The lowest BCUT2D eigenvalue weighted by molar-refractivity contribution is -0.146. The molecule has 12 heteroatoms. The molecule has 4 atom stereocenters. The fourth-order valence-electron chi connectivity index (χ4n) is 8.41. The minimum atomic E-state index is -2.39. The van der Waals surface area contributed by atoms with Crippen LogP contribution in [-0.2, 0) is 34.6 Å². The predicted molar refractivity (Wildman–Crippen MR) is 201 cm³/mol. The number of pyridine rings is 1. The van der Waals surface area contributed by atoms with Crippen molar-refractivity contribution >= 4 is 24.9 Å². The van der Waals surface area contributed by atoms with Gasteiger partial charge in [0.1, 0.15) is 5.75 Å². The molecular weight excluding hydrogens is 675 g/mol. The predicted octanol–water partition coefficient (Wildman–Crippen LogP) is 4.83. The van der Waals surface area contributed by atoms with Crippen molar-refractivity contribution in [3.63, 3.8) is 0 Å². The molecule has 11 nitrogen and oxygen atoms in total. The number of ether oxygens (including phenoxy) is 3. The first-order valence-electron chi connectivity index (χ1n) is 17.7. The largest absolute Gasteiger partial charge is 0.497 e. The van der Waals surface area contributed by atoms with Gasteiger partial charge < -0.3 is 24.2 Å². The highest BCUT2D eigenvalue weighted by Crippen LogP contribution is 2.60. The number of fused-ring (bicyclic) bond motifs is 2. The van der Waals surface area contributed by atoms with Crippen LogP contribution in [0.3, 0.4) is 0 Å². The number of benzene rings is 3. The molecule has 1 spiro atoms. The summed E-state index contributed by atoms with van der Waals surface area (Å²) in [6, 6.07) is 27.5. The van der Waals surface area contributed by atoms with Crippen molar-refractivity contribution in [1.82, 2.24) is 19.6 Å². The molecule has 1 amide bonds. The van der Waals surface area contributed by atoms with E-state index in [9.17, 15) is 9.90 Å². The number of nitrogens with zero attached hydrogens (tertiary/aromatic N) is 5. The first-order valence-corrected chi connectivity index (χ1v) is 20.8. The van der Waals surface area contributed by atoms with Crippen molar-refractivity contribution in [2.24, 2.45) is 5.92 Å². The fraction of sp³-hybridized carbons (Fsp3) is 0.350. The van der Waals surface area contributed by atoms with E-state index in [2.05, 4.69) is 42.5 Å². The van der Waals surface area contributed by atoms with Gasteiger partial charge in [-0.1, -0.05) is 72.9 Å². The lowest BCUT2D eigenvalue weighted by atomic mass is 9.82. The minimum Gasteiger partial charge on any atom is -0.497 e. The second-order valence-corrected chi connectivity index (χ2v) is 18.9. The molecular formula is C40H45N5O6Si. The Morgan fingerprint density at radius 1 is 0.962 bits per heavy atom. The maximum atomic E-state index is 15.3. The molecule has 7 rings (SSSR count). The molecule has 3 aromatic carbocycles. The lowest BCUT2D eigenvalue weighted by Gasteiger charge is -2.37. The zero-order valence-electron chi connectivity index (χ0n) is 30.2. The summed E-state index contributed by atoms with van der Waals surface area (Å²) in [6.07, 6.45) is 4.30. The van der Waals surface area contributed by atoms with Gasteiger partial charge in [0.2, 0.25) is 0 Å². The van der Waals surface area contributed by atoms with Gasteiger partial charge in [0.25, 0.3) is 11.5 Å². The third kappa shape index (κ3) is 6.04. The summed E-state index contributed by atoms with van der Waals surface area (Å²) in [5, 5.41) is 19.2. The summed E-state index contributed by atoms with van der Waals surface area (Å²) in [5.74, 6) is 0.685. The van der Waals surface area contributed by atoms with E-state index in [1.54, 1.807) is 34.7 Å². The average Bonchev–Trinajstić information content (AvgIpc) is 3.81. The summed E-state index contributed by atoms with van der Waals surface area (Å²) in [7, 11) is 0.751. The number of aromatic nitrogens is 4. The van der Waals surface area contributed by atoms with Crippen molar-refractivity contribution in [2.45, 2.75) is 63.2 Å². The van der Waals surface area contributed by atoms with E-state index in [0.29, 0.717) is 31.6 Å². The molecule has 52 heavy (non-hydrogen) atoms. The Balaban J connectivity index is 1.36. The van der Waals surface area contributed by atoms with Gasteiger partial charge in [0, 0.05) is 49.1 Å². The molecule has 1 N–H and O–H groups in total. The molecule has 0 radical (unpaired) electrons. The highest BCUT2D eigenvalue weighted by molar-refractivity contribution is 6.91. The molecule has 0 unspecified atom stereocenters. The van der Waals surface area contributed by atoms with Crippen LogP contribution >= 0.6 is 0 Å². The van der Waals surface area contributed by atoms with Crippen LogP contribution in [0.15, 0.2) is 102 Å². The molecule has 5 aromatic rings. The van der Waals surface area contributed by atoms with Crippen LogP contribution in [0.4, 0.5) is 5.69 Å². The van der Waals surface area contributed by atoms with Crippen LogP contribution in [0.1, 0.15) is 30.2 Å². The molecule has 1 fully saturated rings. The molecule has 1 saturated heterocycles. The Bertz CT molecular complexity index is 2120. The van der Waals surface area contributed by atoms with E-state index in [0.717, 1.165) is 28.3 Å². The number of aliphatic hydroxyl groups excluding tert-OH is 1. The second-order valence-electron chi connectivity index (χ2n) is 14.2. The molecule has 0 saturated carbocycles. The lowest BCUT2D eigenvalue weighted by Crippen LogP contribution is -2.51. The monoisotopic (exact) mass is 719 g/mol. The number of aliphatic hydroxyl groups is 1. The maximum absolute atomic E-state index is 15.3. The molecule has 2 aliphatic rings. The normalized spacial score (nSPS) is 21.2. The van der Waals surface area contributed by atoms with Crippen molar-refractivity contribution in [1.29, 1.82) is 0 Å². The van der Waals surface area contributed by atoms with Crippen molar-refractivity contribution in [2.75, 3.05) is 25.7 Å². The van der Waals surface area contributed by atoms with E-state index in [1.165, 1.54) is 12.3 Å². The molecule has 0 bridgehead atoms. The number of hydrogen-bond acceptors (Lipinski definition) is 8. The third-order valence-corrected chi connectivity index (χ3v) is 15.4. The van der Waals surface area contributed by atoms with E-state index in [4.69, 9.17) is 14.2 Å². The standard InChI is InChI=1S/C40H45N5O6Si/c1-27-37(52(4,5)32-16-14-31(49-2)15-17-32)35(19-22-43-26-29(20-23-46)41-42-43)51-40(27)33-24-30(44-21-9-12-36(50-3)38(44)47)13-18-34(33)45(39(40)48)25-28-10-7-6-8-11-28/h6-18,21,24,26-27,35,37,46H,19-20,22-23,25H2,1-5H3/t27-,35+,37-,40+/m0/s1. The maximum Gasteiger partial charge on any atom is 0.297 e. The molecule has 4 heterocycles. The fourth-order valence-corrected chi connectivity index (χ4v) is 12.5. The first kappa shape index (κ1) is 35.4. The number of anilines is 1. The number of aryl methyl sites for hydroxylation is 1. The molecule has 270 valence electrons. The number of rotatable bonds is 12. The highest BCUT2D eigenvalue weighted by atomic mass is 28.3. The van der Waals surface area contributed by atoms with Crippen LogP contribution in [0, 0.1) is 5.92 Å². The number of hydrogen-bond donors (Lipinski definition) is 1. The van der Waals surface area contributed by atoms with Crippen LogP contribution in [-0.4, -0.2) is 65.6 Å². The smallest absolute Gasteiger partial charge is 0.297 e. The van der Waals surface area contributed by atoms with E-state index in [-0.39, 0.29) is 41.4 Å². The SMILES string of the molecule is COc1ccc([Si](C)(C)[C@@H]2[C@@H](CCn3cc(CCO)nn3)O[C@]3(C(=O)N(Cc4ccccc4)c4ccc(-n5cccc(OC)c5=O)cc43)[C@H]2C)cc1. The van der Waals surface area contributed by atoms with Gasteiger partial charge in [-0.25, -0.2) is 0 Å². The van der Waals surface area contributed by atoms with Crippen LogP contribution in [0.2, 0.25) is 18.6 Å². The first-order chi connectivity index (χ1) is 25.1. The third-order valence-electron chi connectivity index (χ3n) is 11.0. The van der Waals surface area contributed by atoms with Gasteiger partial charge in [-0.05, 0) is 60.0 Å². The van der Waals surface area contributed by atoms with Crippen molar-refractivity contribution in [3.8, 4) is 17.2 Å². The highest BCUT2D eigenvalue weighted by Gasteiger charge is 2.66. The van der Waals surface area contributed by atoms with Gasteiger partial charge in [-0.15, -0.1) is 5.10 Å². The van der Waals surface area contributed by atoms with Gasteiger partial charge in [0.05, 0.1) is 46.3 Å². The zero-order valence-corrected chi connectivity index (χ0v) is 31.2. The Morgan fingerprint density at radius 3 is 2.44 bits per heavy atom. The Labute approximate surface area is 304 Å². The number of carbonyl (C=O) groups is 1. The summed E-state index contributed by atoms with van der Waals surface area (Å²) >= 11 is 0. The van der Waals surface area contributed by atoms with Crippen LogP contribution in [0.5, 0.6) is 11.5 Å². The summed E-state index contributed by atoms with van der Waals surface area (Å²) in [6.45, 7) is 7.78. The van der Waals surface area contributed by atoms with E-state index in [1.807, 2.05) is 71.8 Å². The summed E-state index contributed by atoms with van der Waals surface area (Å²) < 4.78 is 21.5. The van der Waals surface area contributed by atoms with Crippen LogP contribution in [0.25, 0.3) is 5.69 Å². The molecule has 2 aliphatic heterocycles. The Hall–Kier alpha value is -5.04. The van der Waals surface area contributed by atoms with Crippen molar-refractivity contribution in [3.05, 3.63) is 124 Å². The Kier molecular flexibility index (Phi) is 9.64.